The van der Waals surface area contributed by atoms with E-state index in [9.17, 15) is 4.39 Å². The van der Waals surface area contributed by atoms with Gasteiger partial charge in [0.05, 0.1) is 5.69 Å². The Hall–Kier alpha value is -0.830. The molecule has 0 aliphatic carbocycles. The molecule has 1 nitrogen and oxygen atoms in total. The molecule has 0 aliphatic heterocycles. The normalized spacial score (nSPS) is 13.5. The van der Waals surface area contributed by atoms with E-state index in [2.05, 4.69) is 20.9 Å². The smallest absolute Gasteiger partial charge is 0.137 e. The fourth-order valence-electron chi connectivity index (χ4n) is 1.34. The predicted octanol–water partition coefficient (Wildman–Crippen LogP) is 3.96. The Balaban J connectivity index is 2.62. The molecule has 0 aliphatic rings. The van der Waals surface area contributed by atoms with E-state index < -0.39 is 6.17 Å². The first-order chi connectivity index (χ1) is 6.16. The first kappa shape index (κ1) is 8.75. The number of H-pyrrole nitrogens is 1. The van der Waals surface area contributed by atoms with E-state index in [0.29, 0.717) is 5.69 Å². The summed E-state index contributed by atoms with van der Waals surface area (Å²) in [4.78, 5) is 3.03. The number of alkyl halides is 1. The van der Waals surface area contributed by atoms with E-state index in [-0.39, 0.29) is 0 Å². The van der Waals surface area contributed by atoms with Gasteiger partial charge in [-0.05, 0) is 31.2 Å². The van der Waals surface area contributed by atoms with Gasteiger partial charge in [-0.1, -0.05) is 15.9 Å². The molecule has 0 fully saturated rings. The fraction of sp³-hybridized carbons (Fsp3) is 0.200. The van der Waals surface area contributed by atoms with Gasteiger partial charge in [-0.2, -0.15) is 0 Å². The molecular weight excluding hydrogens is 233 g/mol. The Morgan fingerprint density at radius 1 is 1.38 bits per heavy atom. The lowest BCUT2D eigenvalue weighted by atomic mass is 10.2. The van der Waals surface area contributed by atoms with Crippen LogP contribution in [0, 0.1) is 0 Å². The van der Waals surface area contributed by atoms with E-state index in [4.69, 9.17) is 0 Å². The third-order valence-corrected chi connectivity index (χ3v) is 2.53. The summed E-state index contributed by atoms with van der Waals surface area (Å²) in [5.41, 5.74) is 1.61. The maximum Gasteiger partial charge on any atom is 0.137 e. The topological polar surface area (TPSA) is 15.8 Å². The van der Waals surface area contributed by atoms with Gasteiger partial charge in [0.15, 0.2) is 0 Å². The third-order valence-electron chi connectivity index (χ3n) is 2.03. The highest BCUT2D eigenvalue weighted by Gasteiger charge is 2.06. The van der Waals surface area contributed by atoms with Crippen LogP contribution in [0.5, 0.6) is 0 Å². The molecule has 1 aromatic carbocycles. The zero-order valence-electron chi connectivity index (χ0n) is 7.14. The highest BCUT2D eigenvalue weighted by atomic mass is 79.9. The van der Waals surface area contributed by atoms with Crippen LogP contribution in [-0.2, 0) is 0 Å². The molecule has 1 unspecified atom stereocenters. The lowest BCUT2D eigenvalue weighted by Crippen LogP contribution is -1.82. The van der Waals surface area contributed by atoms with Crippen LogP contribution in [0.3, 0.4) is 0 Å². The summed E-state index contributed by atoms with van der Waals surface area (Å²) in [6, 6.07) is 7.68. The third kappa shape index (κ3) is 1.61. The molecule has 3 heteroatoms. The van der Waals surface area contributed by atoms with Gasteiger partial charge in [0.1, 0.15) is 6.17 Å². The molecule has 2 rings (SSSR count). The second-order valence-corrected chi connectivity index (χ2v) is 3.99. The number of fused-ring (bicyclic) bond motifs is 1. The summed E-state index contributed by atoms with van der Waals surface area (Å²) < 4.78 is 13.9. The number of aromatic nitrogens is 1. The van der Waals surface area contributed by atoms with E-state index >= 15 is 0 Å². The van der Waals surface area contributed by atoms with Crippen LogP contribution in [0.2, 0.25) is 0 Å². The zero-order chi connectivity index (χ0) is 9.42. The van der Waals surface area contributed by atoms with Crippen molar-refractivity contribution in [1.82, 2.24) is 4.98 Å². The lowest BCUT2D eigenvalue weighted by Gasteiger charge is -1.93. The monoisotopic (exact) mass is 241 g/mol. The summed E-state index contributed by atoms with van der Waals surface area (Å²) >= 11 is 3.37. The number of hydrogen-bond acceptors (Lipinski definition) is 0. The molecule has 1 N–H and O–H groups in total. The first-order valence-corrected chi connectivity index (χ1v) is 4.88. The molecule has 2 aromatic rings. The minimum Gasteiger partial charge on any atom is -0.356 e. The van der Waals surface area contributed by atoms with Crippen LogP contribution in [0.15, 0.2) is 28.7 Å². The Kier molecular flexibility index (Phi) is 2.12. The Labute approximate surface area is 84.1 Å². The molecule has 0 bridgehead atoms. The Morgan fingerprint density at radius 2 is 2.15 bits per heavy atom. The van der Waals surface area contributed by atoms with Crippen LogP contribution in [0.4, 0.5) is 4.39 Å². The second kappa shape index (κ2) is 3.14. The van der Waals surface area contributed by atoms with Gasteiger partial charge in [0.25, 0.3) is 0 Å². The first-order valence-electron chi connectivity index (χ1n) is 4.09. The van der Waals surface area contributed by atoms with Crippen LogP contribution >= 0.6 is 15.9 Å². The second-order valence-electron chi connectivity index (χ2n) is 3.07. The average molecular weight is 242 g/mol. The van der Waals surface area contributed by atoms with Crippen molar-refractivity contribution in [2.24, 2.45) is 0 Å². The maximum absolute atomic E-state index is 12.9. The standard InChI is InChI=1S/C10H9BrFN/c1-6(12)10-5-7-4-8(11)2-3-9(7)13-10/h2-6,13H,1H3. The highest BCUT2D eigenvalue weighted by Crippen LogP contribution is 2.24. The van der Waals surface area contributed by atoms with E-state index in [1.807, 2.05) is 24.3 Å². The Morgan fingerprint density at radius 3 is 2.85 bits per heavy atom. The SMILES string of the molecule is CC(F)c1cc2cc(Br)ccc2[nH]1. The summed E-state index contributed by atoms with van der Waals surface area (Å²) in [6.45, 7) is 1.53. The quantitative estimate of drug-likeness (QED) is 0.778. The van der Waals surface area contributed by atoms with Crippen molar-refractivity contribution in [1.29, 1.82) is 0 Å². The summed E-state index contributed by atoms with van der Waals surface area (Å²) in [7, 11) is 0. The predicted molar refractivity (Wildman–Crippen MR) is 55.5 cm³/mol. The molecule has 0 spiro atoms. The summed E-state index contributed by atoms with van der Waals surface area (Å²) in [6.07, 6.45) is -0.939. The largest absolute Gasteiger partial charge is 0.356 e. The van der Waals surface area contributed by atoms with Gasteiger partial charge in [-0.15, -0.1) is 0 Å². The maximum atomic E-state index is 12.9. The molecule has 68 valence electrons. The molecule has 0 saturated carbocycles. The molecule has 1 aromatic heterocycles. The minimum absolute atomic E-state index is 0.633. The van der Waals surface area contributed by atoms with Gasteiger partial charge in [0.2, 0.25) is 0 Å². The number of nitrogens with one attached hydrogen (secondary N) is 1. The Bertz CT molecular complexity index is 433. The zero-order valence-corrected chi connectivity index (χ0v) is 8.73. The van der Waals surface area contributed by atoms with Gasteiger partial charge in [0, 0.05) is 15.4 Å². The van der Waals surface area contributed by atoms with Gasteiger partial charge < -0.3 is 4.98 Å². The molecule has 0 amide bonds. The van der Waals surface area contributed by atoms with Crippen molar-refractivity contribution in [3.05, 3.63) is 34.4 Å². The van der Waals surface area contributed by atoms with Crippen molar-refractivity contribution in [3.63, 3.8) is 0 Å². The fourth-order valence-corrected chi connectivity index (χ4v) is 1.72. The van der Waals surface area contributed by atoms with Crippen LogP contribution in [0.25, 0.3) is 10.9 Å². The van der Waals surface area contributed by atoms with Crippen molar-refractivity contribution in [2.45, 2.75) is 13.1 Å². The van der Waals surface area contributed by atoms with Crippen molar-refractivity contribution >= 4 is 26.8 Å². The number of halogens is 2. The number of rotatable bonds is 1. The molecule has 0 saturated heterocycles. The molecule has 1 atom stereocenters. The average Bonchev–Trinajstić information content (AvgIpc) is 2.46. The molecule has 13 heavy (non-hydrogen) atoms. The van der Waals surface area contributed by atoms with Crippen LogP contribution < -0.4 is 0 Å². The number of benzene rings is 1. The molecule has 0 radical (unpaired) electrons. The van der Waals surface area contributed by atoms with Gasteiger partial charge in [-0.3, -0.25) is 0 Å². The van der Waals surface area contributed by atoms with E-state index in [1.165, 1.54) is 6.92 Å². The molecular formula is C10H9BrFN. The van der Waals surface area contributed by atoms with Crippen molar-refractivity contribution < 1.29 is 4.39 Å². The van der Waals surface area contributed by atoms with Crippen LogP contribution in [0.1, 0.15) is 18.8 Å². The van der Waals surface area contributed by atoms with E-state index in [1.54, 1.807) is 0 Å². The number of aromatic amines is 1. The highest BCUT2D eigenvalue weighted by molar-refractivity contribution is 9.10. The van der Waals surface area contributed by atoms with Gasteiger partial charge in [-0.25, -0.2) is 4.39 Å². The molecule has 1 heterocycles. The summed E-state index contributed by atoms with van der Waals surface area (Å²) in [5.74, 6) is 0. The summed E-state index contributed by atoms with van der Waals surface area (Å²) in [5, 5.41) is 1.04. The minimum atomic E-state index is -0.939. The number of hydrogen-bond donors (Lipinski definition) is 1. The van der Waals surface area contributed by atoms with Gasteiger partial charge >= 0.3 is 0 Å². The van der Waals surface area contributed by atoms with Crippen LogP contribution in [-0.4, -0.2) is 4.98 Å². The van der Waals surface area contributed by atoms with Crippen molar-refractivity contribution in [2.75, 3.05) is 0 Å². The lowest BCUT2D eigenvalue weighted by molar-refractivity contribution is 0.367. The van der Waals surface area contributed by atoms with E-state index in [0.717, 1.165) is 15.4 Å². The van der Waals surface area contributed by atoms with Crippen molar-refractivity contribution in [3.8, 4) is 0 Å².